The predicted octanol–water partition coefficient (Wildman–Crippen LogP) is 2.48. The van der Waals surface area contributed by atoms with E-state index < -0.39 is 0 Å². The van der Waals surface area contributed by atoms with Gasteiger partial charge in [-0.2, -0.15) is 4.91 Å². The molecule has 0 radical (unpaired) electrons. The van der Waals surface area contributed by atoms with Crippen LogP contribution in [0.4, 0.5) is 0 Å². The Labute approximate surface area is 66.8 Å². The van der Waals surface area contributed by atoms with Crippen LogP contribution in [0.15, 0.2) is 5.22 Å². The minimum atomic E-state index is 0.935. The Kier molecular flexibility index (Phi) is 3.62. The SMILES string of the molecule is [N-]=[N+]=NN1CCCCCCC1. The molecule has 0 bridgehead atoms. The van der Waals surface area contributed by atoms with E-state index in [9.17, 15) is 0 Å². The van der Waals surface area contributed by atoms with E-state index in [4.69, 9.17) is 5.53 Å². The summed E-state index contributed by atoms with van der Waals surface area (Å²) >= 11 is 0. The molecule has 1 aliphatic heterocycles. The van der Waals surface area contributed by atoms with Gasteiger partial charge in [-0.1, -0.05) is 6.42 Å². The highest BCUT2D eigenvalue weighted by molar-refractivity contribution is 4.58. The topological polar surface area (TPSA) is 52.0 Å². The lowest BCUT2D eigenvalue weighted by atomic mass is 10.1. The van der Waals surface area contributed by atoms with Crippen LogP contribution >= 0.6 is 0 Å². The molecule has 4 nitrogen and oxygen atoms in total. The molecule has 62 valence electrons. The van der Waals surface area contributed by atoms with Crippen molar-refractivity contribution >= 4 is 0 Å². The molecular formula is C7H14N4. The minimum absolute atomic E-state index is 0.935. The molecule has 1 heterocycles. The van der Waals surface area contributed by atoms with Gasteiger partial charge in [-0.3, -0.25) is 0 Å². The quantitative estimate of drug-likeness (QED) is 0.325. The van der Waals surface area contributed by atoms with E-state index in [0.717, 1.165) is 13.1 Å². The molecule has 1 rings (SSSR count). The zero-order valence-corrected chi connectivity index (χ0v) is 6.74. The molecule has 0 saturated carbocycles. The third-order valence-corrected chi connectivity index (χ3v) is 2.00. The van der Waals surface area contributed by atoms with Crippen LogP contribution in [0, 0.1) is 0 Å². The van der Waals surface area contributed by atoms with Crippen LogP contribution in [0.25, 0.3) is 10.4 Å². The van der Waals surface area contributed by atoms with Crippen LogP contribution in [0.2, 0.25) is 0 Å². The molecular weight excluding hydrogens is 140 g/mol. The third-order valence-electron chi connectivity index (χ3n) is 2.00. The fourth-order valence-corrected chi connectivity index (χ4v) is 1.38. The van der Waals surface area contributed by atoms with Crippen molar-refractivity contribution in [3.05, 3.63) is 10.4 Å². The van der Waals surface area contributed by atoms with E-state index in [1.807, 2.05) is 5.01 Å². The van der Waals surface area contributed by atoms with Gasteiger partial charge in [0.15, 0.2) is 0 Å². The second-order valence-corrected chi connectivity index (χ2v) is 2.90. The van der Waals surface area contributed by atoms with Crippen molar-refractivity contribution in [1.29, 1.82) is 0 Å². The van der Waals surface area contributed by atoms with E-state index in [0.29, 0.717) is 0 Å². The first-order chi connectivity index (χ1) is 5.43. The van der Waals surface area contributed by atoms with Crippen LogP contribution in [-0.4, -0.2) is 18.1 Å². The molecule has 1 aliphatic rings. The molecule has 0 aromatic carbocycles. The van der Waals surface area contributed by atoms with Crippen LogP contribution in [0.5, 0.6) is 0 Å². The summed E-state index contributed by atoms with van der Waals surface area (Å²) in [5, 5.41) is 5.43. The standard InChI is InChI=1S/C7H14N4/c8-9-10-11-6-4-2-1-3-5-7-11/h1-7H2. The molecule has 11 heavy (non-hydrogen) atoms. The van der Waals surface area contributed by atoms with Crippen molar-refractivity contribution in [2.75, 3.05) is 13.1 Å². The summed E-state index contributed by atoms with van der Waals surface area (Å²) in [4.78, 5) is 2.78. The second-order valence-electron chi connectivity index (χ2n) is 2.90. The third kappa shape index (κ3) is 3.14. The number of rotatable bonds is 1. The van der Waals surface area contributed by atoms with Gasteiger partial charge >= 0.3 is 0 Å². The van der Waals surface area contributed by atoms with Crippen LogP contribution in [0.1, 0.15) is 32.1 Å². The number of nitrogens with zero attached hydrogens (tertiary/aromatic N) is 4. The fourth-order valence-electron chi connectivity index (χ4n) is 1.38. The average Bonchev–Trinajstić information content (AvgIpc) is 1.94. The van der Waals surface area contributed by atoms with Crippen molar-refractivity contribution in [2.24, 2.45) is 5.22 Å². The molecule has 0 aromatic rings. The Morgan fingerprint density at radius 1 is 1.00 bits per heavy atom. The molecule has 0 spiro atoms. The van der Waals surface area contributed by atoms with Gasteiger partial charge in [0.1, 0.15) is 0 Å². The van der Waals surface area contributed by atoms with Gasteiger partial charge in [0.2, 0.25) is 0 Å². The molecule has 0 aliphatic carbocycles. The smallest absolute Gasteiger partial charge is 0.0884 e. The normalized spacial score (nSPS) is 19.8. The Morgan fingerprint density at radius 2 is 1.55 bits per heavy atom. The van der Waals surface area contributed by atoms with Crippen molar-refractivity contribution < 1.29 is 0 Å². The van der Waals surface area contributed by atoms with Crippen molar-refractivity contribution in [2.45, 2.75) is 32.1 Å². The Hall–Kier alpha value is -0.890. The molecule has 0 N–H and O–H groups in total. The Balaban J connectivity index is 2.31. The summed E-state index contributed by atoms with van der Waals surface area (Å²) in [5.74, 6) is 0. The summed E-state index contributed by atoms with van der Waals surface area (Å²) in [7, 11) is 0. The number of hydrogen-bond acceptors (Lipinski definition) is 1. The van der Waals surface area contributed by atoms with Gasteiger partial charge in [-0.25, -0.2) is 5.01 Å². The van der Waals surface area contributed by atoms with Crippen molar-refractivity contribution in [1.82, 2.24) is 5.01 Å². The molecule has 1 saturated heterocycles. The minimum Gasteiger partial charge on any atom is -0.248 e. The first-order valence-electron chi connectivity index (χ1n) is 4.23. The number of azide groups is 1. The first-order valence-corrected chi connectivity index (χ1v) is 4.23. The van der Waals surface area contributed by atoms with E-state index in [2.05, 4.69) is 10.1 Å². The van der Waals surface area contributed by atoms with Crippen molar-refractivity contribution in [3.63, 3.8) is 0 Å². The lowest BCUT2D eigenvalue weighted by Crippen LogP contribution is -2.20. The summed E-state index contributed by atoms with van der Waals surface area (Å²) < 4.78 is 0. The first kappa shape index (κ1) is 8.21. The van der Waals surface area contributed by atoms with Gasteiger partial charge in [0.25, 0.3) is 0 Å². The van der Waals surface area contributed by atoms with Gasteiger partial charge in [-0.15, -0.1) is 5.53 Å². The van der Waals surface area contributed by atoms with Crippen molar-refractivity contribution in [3.8, 4) is 0 Å². The average molecular weight is 154 g/mol. The van der Waals surface area contributed by atoms with E-state index in [1.54, 1.807) is 0 Å². The Bertz CT molecular complexity index is 143. The molecule has 0 unspecified atom stereocenters. The van der Waals surface area contributed by atoms with E-state index in [1.165, 1.54) is 32.1 Å². The maximum atomic E-state index is 8.20. The van der Waals surface area contributed by atoms with E-state index in [-0.39, 0.29) is 0 Å². The molecule has 0 amide bonds. The maximum absolute atomic E-state index is 8.20. The molecule has 0 atom stereocenters. The summed E-state index contributed by atoms with van der Waals surface area (Å²) in [5.41, 5.74) is 8.20. The zero-order valence-electron chi connectivity index (χ0n) is 6.74. The second kappa shape index (κ2) is 4.85. The lowest BCUT2D eigenvalue weighted by Gasteiger charge is -2.16. The van der Waals surface area contributed by atoms with Gasteiger partial charge in [0.05, 0.1) is 13.1 Å². The predicted molar refractivity (Wildman–Crippen MR) is 43.8 cm³/mol. The summed E-state index contributed by atoms with van der Waals surface area (Å²) in [6, 6.07) is 0. The highest BCUT2D eigenvalue weighted by Gasteiger charge is 2.06. The highest BCUT2D eigenvalue weighted by Crippen LogP contribution is 2.10. The van der Waals surface area contributed by atoms with Gasteiger partial charge in [-0.05, 0) is 30.9 Å². The molecule has 1 fully saturated rings. The van der Waals surface area contributed by atoms with Crippen LogP contribution in [0.3, 0.4) is 0 Å². The van der Waals surface area contributed by atoms with Crippen LogP contribution in [-0.2, 0) is 0 Å². The molecule has 4 heteroatoms. The number of hydrogen-bond donors (Lipinski definition) is 0. The summed E-state index contributed by atoms with van der Waals surface area (Å²) in [6.45, 7) is 1.87. The zero-order chi connectivity index (χ0) is 7.94. The monoisotopic (exact) mass is 154 g/mol. The maximum Gasteiger partial charge on any atom is 0.0884 e. The molecule has 0 aromatic heterocycles. The highest BCUT2D eigenvalue weighted by atomic mass is 15.5. The van der Waals surface area contributed by atoms with Gasteiger partial charge in [0, 0.05) is 0 Å². The Morgan fingerprint density at radius 3 is 2.09 bits per heavy atom. The summed E-state index contributed by atoms with van der Waals surface area (Å²) in [6.07, 6.45) is 6.22. The fraction of sp³-hybridized carbons (Fsp3) is 1.00. The van der Waals surface area contributed by atoms with E-state index >= 15 is 0 Å². The van der Waals surface area contributed by atoms with Gasteiger partial charge < -0.3 is 0 Å². The lowest BCUT2D eigenvalue weighted by molar-refractivity contribution is 0.254. The largest absolute Gasteiger partial charge is 0.248 e. The van der Waals surface area contributed by atoms with Crippen LogP contribution < -0.4 is 0 Å².